The highest BCUT2D eigenvalue weighted by Gasteiger charge is 2.35. The fraction of sp³-hybridized carbons (Fsp3) is 0.412. The molecule has 1 aliphatic rings. The summed E-state index contributed by atoms with van der Waals surface area (Å²) in [6, 6.07) is 5.17. The number of likely N-dealkylation sites (N-methyl/N-ethyl adjacent to an activating group) is 2. The molecule has 0 radical (unpaired) electrons. The van der Waals surface area contributed by atoms with Gasteiger partial charge in [0.1, 0.15) is 13.1 Å². The number of imide groups is 1. The molecule has 0 saturated carbocycles. The van der Waals surface area contributed by atoms with E-state index in [2.05, 4.69) is 5.32 Å². The van der Waals surface area contributed by atoms with Gasteiger partial charge < -0.3 is 15.1 Å². The number of carbonyl (C=O) groups is 4. The third kappa shape index (κ3) is 4.14. The normalized spacial score (nSPS) is 14.1. The summed E-state index contributed by atoms with van der Waals surface area (Å²) in [6.07, 6.45) is 0. The van der Waals surface area contributed by atoms with Gasteiger partial charge in [0.25, 0.3) is 5.91 Å². The van der Waals surface area contributed by atoms with Gasteiger partial charge in [-0.15, -0.1) is 0 Å². The highest BCUT2D eigenvalue weighted by atomic mass is 16.2. The van der Waals surface area contributed by atoms with Crippen molar-refractivity contribution < 1.29 is 19.2 Å². The monoisotopic (exact) mass is 346 g/mol. The lowest BCUT2D eigenvalue weighted by molar-refractivity contribution is -0.137. The average Bonchev–Trinajstić information content (AvgIpc) is 2.77. The molecule has 1 saturated heterocycles. The van der Waals surface area contributed by atoms with Crippen molar-refractivity contribution in [2.24, 2.45) is 0 Å². The third-order valence-electron chi connectivity index (χ3n) is 4.08. The number of hydrogen-bond acceptors (Lipinski definition) is 4. The van der Waals surface area contributed by atoms with Crippen molar-refractivity contribution in [2.75, 3.05) is 39.0 Å². The van der Waals surface area contributed by atoms with Crippen LogP contribution in [0.1, 0.15) is 11.1 Å². The van der Waals surface area contributed by atoms with E-state index < -0.39 is 17.8 Å². The van der Waals surface area contributed by atoms with Crippen LogP contribution in [0.3, 0.4) is 0 Å². The van der Waals surface area contributed by atoms with Gasteiger partial charge in [-0.25, -0.2) is 4.79 Å². The van der Waals surface area contributed by atoms with Gasteiger partial charge in [0, 0.05) is 19.8 Å². The Hall–Kier alpha value is -2.90. The summed E-state index contributed by atoms with van der Waals surface area (Å²) >= 11 is 0. The van der Waals surface area contributed by atoms with E-state index in [9.17, 15) is 19.2 Å². The maximum Gasteiger partial charge on any atom is 0.327 e. The SMILES string of the molecule is Cc1cccc(C)c1NC(=O)CN(C)C(=O)CN1C(=O)CN(C)C1=O. The lowest BCUT2D eigenvalue weighted by Crippen LogP contribution is -2.44. The number of nitrogens with zero attached hydrogens (tertiary/aromatic N) is 3. The van der Waals surface area contributed by atoms with Crippen LogP contribution < -0.4 is 5.32 Å². The maximum atomic E-state index is 12.2. The second kappa shape index (κ2) is 7.33. The lowest BCUT2D eigenvalue weighted by atomic mass is 10.1. The van der Waals surface area contributed by atoms with Crippen LogP contribution in [0, 0.1) is 13.8 Å². The minimum absolute atomic E-state index is 0.0388. The van der Waals surface area contributed by atoms with Crippen LogP contribution in [0.2, 0.25) is 0 Å². The van der Waals surface area contributed by atoms with Crippen molar-refractivity contribution in [3.8, 4) is 0 Å². The molecule has 25 heavy (non-hydrogen) atoms. The van der Waals surface area contributed by atoms with E-state index in [0.717, 1.165) is 21.7 Å². The van der Waals surface area contributed by atoms with Crippen molar-refractivity contribution in [3.05, 3.63) is 29.3 Å². The summed E-state index contributed by atoms with van der Waals surface area (Å²) in [4.78, 5) is 51.2. The first-order chi connectivity index (χ1) is 11.7. The van der Waals surface area contributed by atoms with E-state index in [1.807, 2.05) is 32.0 Å². The first-order valence-electron chi connectivity index (χ1n) is 7.86. The van der Waals surface area contributed by atoms with Crippen LogP contribution in [0.4, 0.5) is 10.5 Å². The van der Waals surface area contributed by atoms with Gasteiger partial charge in [0.15, 0.2) is 0 Å². The summed E-state index contributed by atoms with van der Waals surface area (Å²) < 4.78 is 0. The van der Waals surface area contributed by atoms with Crippen LogP contribution in [0.25, 0.3) is 0 Å². The van der Waals surface area contributed by atoms with Gasteiger partial charge in [-0.1, -0.05) is 18.2 Å². The number of carbonyl (C=O) groups excluding carboxylic acids is 4. The number of rotatable bonds is 5. The summed E-state index contributed by atoms with van der Waals surface area (Å²) in [7, 11) is 2.95. The van der Waals surface area contributed by atoms with Crippen LogP contribution in [-0.4, -0.2) is 72.2 Å². The van der Waals surface area contributed by atoms with Crippen molar-refractivity contribution in [1.29, 1.82) is 0 Å². The molecule has 2 rings (SSSR count). The zero-order valence-corrected chi connectivity index (χ0v) is 14.8. The first-order valence-corrected chi connectivity index (χ1v) is 7.86. The molecular weight excluding hydrogens is 324 g/mol. The minimum atomic E-state index is -0.508. The molecular formula is C17H22N4O4. The molecule has 1 aromatic carbocycles. The zero-order chi connectivity index (χ0) is 18.7. The Morgan fingerprint density at radius 3 is 2.32 bits per heavy atom. The molecule has 1 fully saturated rings. The van der Waals surface area contributed by atoms with Gasteiger partial charge in [0.2, 0.25) is 11.8 Å². The number of para-hydroxylation sites is 1. The Morgan fingerprint density at radius 1 is 1.20 bits per heavy atom. The summed E-state index contributed by atoms with van der Waals surface area (Å²) in [5.74, 6) is -1.24. The number of amides is 5. The quantitative estimate of drug-likeness (QED) is 0.791. The molecule has 8 nitrogen and oxygen atoms in total. The number of benzene rings is 1. The molecule has 1 N–H and O–H groups in total. The predicted octanol–water partition coefficient (Wildman–Crippen LogP) is 0.594. The van der Waals surface area contributed by atoms with E-state index in [1.54, 1.807) is 0 Å². The Morgan fingerprint density at radius 2 is 1.80 bits per heavy atom. The Balaban J connectivity index is 1.93. The minimum Gasteiger partial charge on any atom is -0.335 e. The summed E-state index contributed by atoms with van der Waals surface area (Å²) in [6.45, 7) is 3.20. The molecule has 0 aromatic heterocycles. The highest BCUT2D eigenvalue weighted by molar-refractivity contribution is 6.04. The Bertz CT molecular complexity index is 711. The maximum absolute atomic E-state index is 12.2. The van der Waals surface area contributed by atoms with E-state index in [0.29, 0.717) is 0 Å². The zero-order valence-electron chi connectivity index (χ0n) is 14.8. The van der Waals surface area contributed by atoms with Crippen molar-refractivity contribution in [2.45, 2.75) is 13.8 Å². The van der Waals surface area contributed by atoms with Crippen LogP contribution in [-0.2, 0) is 14.4 Å². The van der Waals surface area contributed by atoms with Crippen molar-refractivity contribution in [3.63, 3.8) is 0 Å². The third-order valence-corrected chi connectivity index (χ3v) is 4.08. The van der Waals surface area contributed by atoms with Gasteiger partial charge in [0.05, 0.1) is 6.54 Å². The van der Waals surface area contributed by atoms with Crippen molar-refractivity contribution in [1.82, 2.24) is 14.7 Å². The standard InChI is InChI=1S/C17H22N4O4/c1-11-6-5-7-12(2)16(11)18-13(22)8-19(3)14(23)10-21-15(24)9-20(4)17(21)25/h5-7H,8-10H2,1-4H3,(H,18,22). The topological polar surface area (TPSA) is 90.0 Å². The number of aryl methyl sites for hydroxylation is 2. The predicted molar refractivity (Wildman–Crippen MR) is 91.9 cm³/mol. The number of urea groups is 1. The highest BCUT2D eigenvalue weighted by Crippen LogP contribution is 2.19. The van der Waals surface area contributed by atoms with Gasteiger partial charge in [-0.2, -0.15) is 0 Å². The van der Waals surface area contributed by atoms with E-state index >= 15 is 0 Å². The van der Waals surface area contributed by atoms with E-state index in [4.69, 9.17) is 0 Å². The molecule has 0 aliphatic carbocycles. The number of nitrogens with one attached hydrogen (secondary N) is 1. The van der Waals surface area contributed by atoms with Crippen LogP contribution in [0.5, 0.6) is 0 Å². The van der Waals surface area contributed by atoms with E-state index in [-0.39, 0.29) is 25.5 Å². The van der Waals surface area contributed by atoms with Gasteiger partial charge in [-0.3, -0.25) is 19.3 Å². The molecule has 134 valence electrons. The largest absolute Gasteiger partial charge is 0.335 e. The summed E-state index contributed by atoms with van der Waals surface area (Å²) in [5, 5.41) is 2.79. The molecule has 5 amide bonds. The fourth-order valence-electron chi connectivity index (χ4n) is 2.57. The molecule has 1 aromatic rings. The second-order valence-corrected chi connectivity index (χ2v) is 6.18. The van der Waals surface area contributed by atoms with Crippen molar-refractivity contribution >= 4 is 29.4 Å². The molecule has 1 aliphatic heterocycles. The van der Waals surface area contributed by atoms with Gasteiger partial charge >= 0.3 is 6.03 Å². The molecule has 0 atom stereocenters. The lowest BCUT2D eigenvalue weighted by Gasteiger charge is -2.20. The smallest absolute Gasteiger partial charge is 0.327 e. The fourth-order valence-corrected chi connectivity index (χ4v) is 2.57. The number of hydrogen-bond donors (Lipinski definition) is 1. The molecule has 0 bridgehead atoms. The molecule has 0 spiro atoms. The molecule has 8 heteroatoms. The Labute approximate surface area is 146 Å². The van der Waals surface area contributed by atoms with Gasteiger partial charge in [-0.05, 0) is 25.0 Å². The molecule has 1 heterocycles. The van der Waals surface area contributed by atoms with Crippen LogP contribution >= 0.6 is 0 Å². The molecule has 0 unspecified atom stereocenters. The van der Waals surface area contributed by atoms with E-state index in [1.165, 1.54) is 23.9 Å². The van der Waals surface area contributed by atoms with Crippen LogP contribution in [0.15, 0.2) is 18.2 Å². The first kappa shape index (κ1) is 18.4. The Kier molecular flexibility index (Phi) is 5.41. The number of anilines is 1. The summed E-state index contributed by atoms with van der Waals surface area (Å²) in [5.41, 5.74) is 2.58. The average molecular weight is 346 g/mol. The second-order valence-electron chi connectivity index (χ2n) is 6.18.